The zero-order valence-corrected chi connectivity index (χ0v) is 18.0. The van der Waals surface area contributed by atoms with Crippen LogP contribution in [-0.2, 0) is 10.1 Å². The van der Waals surface area contributed by atoms with Crippen LogP contribution in [0.3, 0.4) is 0 Å². The number of H-pyrrole nitrogens is 1. The number of nitrogens with one attached hydrogen (secondary N) is 1. The van der Waals surface area contributed by atoms with Crippen LogP contribution in [0.15, 0.2) is 65.6 Å². The van der Waals surface area contributed by atoms with Crippen LogP contribution >= 0.6 is 0 Å². The van der Waals surface area contributed by atoms with Crippen molar-refractivity contribution in [2.75, 3.05) is 20.2 Å². The first-order valence-corrected chi connectivity index (χ1v) is 11.5. The van der Waals surface area contributed by atoms with Crippen LogP contribution < -0.4 is 8.92 Å². The summed E-state index contributed by atoms with van der Waals surface area (Å²) in [5.74, 6) is 0.874. The minimum absolute atomic E-state index is 0.0781. The quantitative estimate of drug-likeness (QED) is 0.559. The van der Waals surface area contributed by atoms with E-state index >= 15 is 0 Å². The van der Waals surface area contributed by atoms with Gasteiger partial charge in [-0.05, 0) is 68.4 Å². The van der Waals surface area contributed by atoms with Crippen LogP contribution in [0.1, 0.15) is 31.5 Å². The fraction of sp³-hybridized carbons (Fsp3) is 0.304. The van der Waals surface area contributed by atoms with Crippen LogP contribution in [0.5, 0.6) is 11.5 Å². The van der Waals surface area contributed by atoms with Gasteiger partial charge < -0.3 is 13.9 Å². The molecule has 4 rings (SSSR count). The molecule has 2 aromatic carbocycles. The predicted molar refractivity (Wildman–Crippen MR) is 116 cm³/mol. The number of nitrogens with zero attached hydrogens (tertiary/aromatic N) is 1. The molecule has 1 aliphatic heterocycles. The molecule has 1 atom stereocenters. The van der Waals surface area contributed by atoms with Gasteiger partial charge in [0, 0.05) is 23.0 Å². The minimum Gasteiger partial charge on any atom is -0.496 e. The number of benzene rings is 2. The van der Waals surface area contributed by atoms with Gasteiger partial charge in [-0.15, -0.1) is 0 Å². The topological polar surface area (TPSA) is 71.6 Å². The monoisotopic (exact) mass is 426 g/mol. The molecule has 7 heteroatoms. The minimum atomic E-state index is -3.97. The number of aromatic amines is 1. The average molecular weight is 427 g/mol. The molecule has 0 bridgehead atoms. The Hall–Kier alpha value is -2.77. The lowest BCUT2D eigenvalue weighted by molar-refractivity contribution is 0.268. The number of hydrogen-bond donors (Lipinski definition) is 1. The summed E-state index contributed by atoms with van der Waals surface area (Å²) in [5, 5.41) is 0. The summed E-state index contributed by atoms with van der Waals surface area (Å²) in [6.45, 7) is 4.28. The van der Waals surface area contributed by atoms with Gasteiger partial charge >= 0.3 is 10.1 Å². The van der Waals surface area contributed by atoms with E-state index in [0.29, 0.717) is 17.4 Å². The molecule has 0 radical (unpaired) electrons. The van der Waals surface area contributed by atoms with Crippen LogP contribution in [0.2, 0.25) is 0 Å². The van der Waals surface area contributed by atoms with Gasteiger partial charge in [0.15, 0.2) is 0 Å². The fourth-order valence-electron chi connectivity index (χ4n) is 4.02. The molecule has 1 saturated heterocycles. The third-order valence-electron chi connectivity index (χ3n) is 5.54. The molecule has 0 aliphatic carbocycles. The van der Waals surface area contributed by atoms with Crippen molar-refractivity contribution < 1.29 is 17.3 Å². The Kier molecular flexibility index (Phi) is 5.83. The molecule has 1 N–H and O–H groups in total. The van der Waals surface area contributed by atoms with E-state index in [4.69, 9.17) is 8.92 Å². The van der Waals surface area contributed by atoms with Crippen molar-refractivity contribution in [2.24, 2.45) is 0 Å². The molecule has 0 spiro atoms. The van der Waals surface area contributed by atoms with Crippen LogP contribution in [0.4, 0.5) is 0 Å². The Morgan fingerprint density at radius 1 is 1.10 bits per heavy atom. The van der Waals surface area contributed by atoms with Crippen molar-refractivity contribution in [1.82, 2.24) is 9.88 Å². The molecule has 0 amide bonds. The van der Waals surface area contributed by atoms with Crippen molar-refractivity contribution in [3.63, 3.8) is 0 Å². The molecule has 1 aliphatic rings. The van der Waals surface area contributed by atoms with E-state index < -0.39 is 10.1 Å². The number of hydrogen-bond acceptors (Lipinski definition) is 5. The van der Waals surface area contributed by atoms with E-state index in [9.17, 15) is 8.42 Å². The number of aromatic nitrogens is 1. The van der Waals surface area contributed by atoms with Gasteiger partial charge in [-0.1, -0.05) is 25.1 Å². The number of ether oxygens (including phenoxy) is 1. The second-order valence-corrected chi connectivity index (χ2v) is 8.87. The summed E-state index contributed by atoms with van der Waals surface area (Å²) < 4.78 is 36.4. The van der Waals surface area contributed by atoms with E-state index in [1.165, 1.54) is 12.5 Å². The number of methoxy groups -OCH3 is 1. The summed E-state index contributed by atoms with van der Waals surface area (Å²) >= 11 is 0. The number of rotatable bonds is 7. The summed E-state index contributed by atoms with van der Waals surface area (Å²) in [4.78, 5) is 6.01. The zero-order valence-electron chi connectivity index (χ0n) is 17.2. The van der Waals surface area contributed by atoms with Crippen molar-refractivity contribution in [3.8, 4) is 22.8 Å². The second kappa shape index (κ2) is 8.53. The summed E-state index contributed by atoms with van der Waals surface area (Å²) in [6.07, 6.45) is 2.30. The highest BCUT2D eigenvalue weighted by Crippen LogP contribution is 2.36. The number of para-hydroxylation sites is 1. The van der Waals surface area contributed by atoms with Crippen molar-refractivity contribution in [1.29, 1.82) is 0 Å². The maximum atomic E-state index is 12.8. The van der Waals surface area contributed by atoms with E-state index in [1.54, 1.807) is 49.6 Å². The SMILES string of the molecule is CCN1CCCC1c1ccc(-c2cc(S(=O)(=O)Oc3ccccc3)ccc2OC)[nH]1. The van der Waals surface area contributed by atoms with Crippen molar-refractivity contribution >= 4 is 10.1 Å². The zero-order chi connectivity index (χ0) is 21.1. The maximum absolute atomic E-state index is 12.8. The van der Waals surface area contributed by atoms with Gasteiger partial charge in [-0.3, -0.25) is 4.90 Å². The highest BCUT2D eigenvalue weighted by atomic mass is 32.2. The van der Waals surface area contributed by atoms with Crippen LogP contribution in [0, 0.1) is 0 Å². The third kappa shape index (κ3) is 4.08. The van der Waals surface area contributed by atoms with Gasteiger partial charge in [0.25, 0.3) is 0 Å². The molecule has 6 nitrogen and oxygen atoms in total. The molecule has 1 fully saturated rings. The fourth-order valence-corrected chi connectivity index (χ4v) is 4.98. The van der Waals surface area contributed by atoms with E-state index in [-0.39, 0.29) is 10.6 Å². The first-order chi connectivity index (χ1) is 14.5. The molecule has 0 saturated carbocycles. The molecule has 1 aromatic heterocycles. The Morgan fingerprint density at radius 2 is 1.90 bits per heavy atom. The van der Waals surface area contributed by atoms with Gasteiger partial charge in [-0.25, -0.2) is 0 Å². The van der Waals surface area contributed by atoms with Gasteiger partial charge in [-0.2, -0.15) is 8.42 Å². The molecular formula is C23H26N2O4S. The summed E-state index contributed by atoms with van der Waals surface area (Å²) in [6, 6.07) is 17.7. The van der Waals surface area contributed by atoms with Gasteiger partial charge in [0.1, 0.15) is 16.4 Å². The molecule has 30 heavy (non-hydrogen) atoms. The van der Waals surface area contributed by atoms with Crippen LogP contribution in [-0.4, -0.2) is 38.5 Å². The Balaban J connectivity index is 1.67. The maximum Gasteiger partial charge on any atom is 0.339 e. The molecule has 3 aromatic rings. The van der Waals surface area contributed by atoms with E-state index in [0.717, 1.165) is 30.9 Å². The molecular weight excluding hydrogens is 400 g/mol. The second-order valence-electron chi connectivity index (χ2n) is 7.33. The predicted octanol–water partition coefficient (Wildman–Crippen LogP) is 4.61. The van der Waals surface area contributed by atoms with Gasteiger partial charge in [0.05, 0.1) is 7.11 Å². The van der Waals surface area contributed by atoms with Crippen molar-refractivity contribution in [3.05, 3.63) is 66.4 Å². The first kappa shape index (κ1) is 20.5. The Labute approximate surface area is 177 Å². The smallest absolute Gasteiger partial charge is 0.339 e. The van der Waals surface area contributed by atoms with Crippen molar-refractivity contribution in [2.45, 2.75) is 30.7 Å². The third-order valence-corrected chi connectivity index (χ3v) is 6.78. The lowest BCUT2D eigenvalue weighted by atomic mass is 10.1. The van der Waals surface area contributed by atoms with E-state index in [2.05, 4.69) is 22.9 Å². The molecule has 1 unspecified atom stereocenters. The lowest BCUT2D eigenvalue weighted by Crippen LogP contribution is -2.22. The molecule has 158 valence electrons. The molecule has 2 heterocycles. The highest BCUT2D eigenvalue weighted by molar-refractivity contribution is 7.87. The summed E-state index contributed by atoms with van der Waals surface area (Å²) in [7, 11) is -2.39. The average Bonchev–Trinajstić information content (AvgIpc) is 3.42. The largest absolute Gasteiger partial charge is 0.496 e. The Morgan fingerprint density at radius 3 is 2.63 bits per heavy atom. The van der Waals surface area contributed by atoms with Gasteiger partial charge in [0.2, 0.25) is 0 Å². The normalized spacial score (nSPS) is 17.2. The standard InChI is InChI=1S/C23H26N2O4S/c1-3-25-15-7-10-22(25)21-13-12-20(24-21)19-16-18(11-14-23(19)28-2)30(26,27)29-17-8-5-4-6-9-17/h4-6,8-9,11-14,16,22,24H,3,7,10,15H2,1-2H3. The first-order valence-electron chi connectivity index (χ1n) is 10.1. The highest BCUT2D eigenvalue weighted by Gasteiger charge is 2.26. The Bertz CT molecular complexity index is 1110. The summed E-state index contributed by atoms with van der Waals surface area (Å²) in [5.41, 5.74) is 2.64. The number of likely N-dealkylation sites (tertiary alicyclic amines) is 1. The van der Waals surface area contributed by atoms with E-state index in [1.807, 2.05) is 6.07 Å². The lowest BCUT2D eigenvalue weighted by Gasteiger charge is -2.21. The van der Waals surface area contributed by atoms with Crippen LogP contribution in [0.25, 0.3) is 11.3 Å².